The lowest BCUT2D eigenvalue weighted by Crippen LogP contribution is -2.29. The van der Waals surface area contributed by atoms with Crippen molar-refractivity contribution in [2.75, 3.05) is 13.1 Å². The van der Waals surface area contributed by atoms with Gasteiger partial charge in [-0.25, -0.2) is 0 Å². The van der Waals surface area contributed by atoms with Crippen LogP contribution in [0.25, 0.3) is 0 Å². The van der Waals surface area contributed by atoms with E-state index < -0.39 is 0 Å². The summed E-state index contributed by atoms with van der Waals surface area (Å²) in [5.74, 6) is -0.205. The van der Waals surface area contributed by atoms with Crippen molar-refractivity contribution in [3.05, 3.63) is 23.3 Å². The first-order chi connectivity index (χ1) is 8.59. The number of rotatable bonds is 3. The second-order valence-electron chi connectivity index (χ2n) is 4.85. The van der Waals surface area contributed by atoms with Crippen molar-refractivity contribution in [3.8, 4) is 11.5 Å². The van der Waals surface area contributed by atoms with Gasteiger partial charge in [0.25, 0.3) is 0 Å². The number of Topliss-reactive ketones (excluding diaryl/α,β-unsaturated/α-hetero) is 1. The molecule has 2 rings (SSSR count). The van der Waals surface area contributed by atoms with Crippen LogP contribution in [-0.4, -0.2) is 34.0 Å². The Morgan fingerprint density at radius 3 is 2.50 bits per heavy atom. The van der Waals surface area contributed by atoms with Crippen LogP contribution in [0.1, 0.15) is 42.1 Å². The van der Waals surface area contributed by atoms with Gasteiger partial charge >= 0.3 is 0 Å². The Labute approximate surface area is 107 Å². The molecule has 1 aliphatic heterocycles. The van der Waals surface area contributed by atoms with E-state index in [1.54, 1.807) is 0 Å². The second kappa shape index (κ2) is 5.40. The lowest BCUT2D eigenvalue weighted by Gasteiger charge is -2.27. The number of hydrogen-bond acceptors (Lipinski definition) is 4. The van der Waals surface area contributed by atoms with Gasteiger partial charge in [-0.3, -0.25) is 9.69 Å². The standard InChI is InChI=1S/C14H19NO3/c1-10(16)11-5-6-13(17)12(14(11)18)9-15-7-3-2-4-8-15/h5-6,17-18H,2-4,7-9H2,1H3. The van der Waals surface area contributed by atoms with E-state index in [0.29, 0.717) is 12.1 Å². The molecular weight excluding hydrogens is 230 g/mol. The number of ketones is 1. The van der Waals surface area contributed by atoms with Crippen molar-refractivity contribution in [2.45, 2.75) is 32.7 Å². The number of aromatic hydroxyl groups is 2. The number of nitrogens with zero attached hydrogens (tertiary/aromatic N) is 1. The SMILES string of the molecule is CC(=O)c1ccc(O)c(CN2CCCCC2)c1O. The van der Waals surface area contributed by atoms with Crippen molar-refractivity contribution >= 4 is 5.78 Å². The van der Waals surface area contributed by atoms with E-state index in [1.165, 1.54) is 25.5 Å². The number of phenols is 2. The van der Waals surface area contributed by atoms with E-state index in [0.717, 1.165) is 25.9 Å². The quantitative estimate of drug-likeness (QED) is 0.807. The molecule has 4 heteroatoms. The number of carbonyl (C=O) groups excluding carboxylic acids is 1. The van der Waals surface area contributed by atoms with Crippen molar-refractivity contribution in [1.82, 2.24) is 4.90 Å². The van der Waals surface area contributed by atoms with Crippen molar-refractivity contribution in [1.29, 1.82) is 0 Å². The van der Waals surface area contributed by atoms with E-state index in [4.69, 9.17) is 0 Å². The van der Waals surface area contributed by atoms with Gasteiger partial charge in [-0.15, -0.1) is 0 Å². The summed E-state index contributed by atoms with van der Waals surface area (Å²) < 4.78 is 0. The molecule has 0 radical (unpaired) electrons. The molecule has 0 aliphatic carbocycles. The van der Waals surface area contributed by atoms with Crippen LogP contribution in [0.15, 0.2) is 12.1 Å². The zero-order valence-electron chi connectivity index (χ0n) is 10.6. The van der Waals surface area contributed by atoms with Gasteiger partial charge < -0.3 is 10.2 Å². The molecule has 98 valence electrons. The van der Waals surface area contributed by atoms with Crippen LogP contribution in [0.3, 0.4) is 0 Å². The Morgan fingerprint density at radius 2 is 1.89 bits per heavy atom. The summed E-state index contributed by atoms with van der Waals surface area (Å²) in [7, 11) is 0. The minimum Gasteiger partial charge on any atom is -0.507 e. The highest BCUT2D eigenvalue weighted by Gasteiger charge is 2.18. The van der Waals surface area contributed by atoms with Gasteiger partial charge in [0, 0.05) is 6.54 Å². The number of piperidine rings is 1. The Hall–Kier alpha value is -1.55. The Bertz CT molecular complexity index is 451. The maximum Gasteiger partial charge on any atom is 0.163 e. The fraction of sp³-hybridized carbons (Fsp3) is 0.500. The lowest BCUT2D eigenvalue weighted by molar-refractivity contribution is 0.101. The number of likely N-dealkylation sites (tertiary alicyclic amines) is 1. The first-order valence-electron chi connectivity index (χ1n) is 6.36. The van der Waals surface area contributed by atoms with Crippen LogP contribution >= 0.6 is 0 Å². The molecule has 2 N–H and O–H groups in total. The molecule has 4 nitrogen and oxygen atoms in total. The molecule has 1 fully saturated rings. The summed E-state index contributed by atoms with van der Waals surface area (Å²) >= 11 is 0. The molecule has 1 saturated heterocycles. The molecule has 0 amide bonds. The van der Waals surface area contributed by atoms with E-state index in [9.17, 15) is 15.0 Å². The molecule has 0 spiro atoms. The molecule has 0 bridgehead atoms. The Morgan fingerprint density at radius 1 is 1.22 bits per heavy atom. The highest BCUT2D eigenvalue weighted by molar-refractivity contribution is 5.97. The predicted molar refractivity (Wildman–Crippen MR) is 68.9 cm³/mol. The Kier molecular flexibility index (Phi) is 3.87. The molecule has 1 heterocycles. The summed E-state index contributed by atoms with van der Waals surface area (Å²) in [5, 5.41) is 19.9. The van der Waals surface area contributed by atoms with Crippen LogP contribution in [-0.2, 0) is 6.54 Å². The Balaban J connectivity index is 2.25. The van der Waals surface area contributed by atoms with Crippen LogP contribution in [0.4, 0.5) is 0 Å². The predicted octanol–water partition coefficient (Wildman–Crippen LogP) is 2.29. The van der Waals surface area contributed by atoms with Gasteiger partial charge in [0.2, 0.25) is 0 Å². The minimum absolute atomic E-state index is 0.0584. The summed E-state index contributed by atoms with van der Waals surface area (Å²) in [5.41, 5.74) is 0.740. The van der Waals surface area contributed by atoms with Crippen LogP contribution in [0, 0.1) is 0 Å². The van der Waals surface area contributed by atoms with Crippen LogP contribution < -0.4 is 0 Å². The number of hydrogen-bond donors (Lipinski definition) is 2. The van der Waals surface area contributed by atoms with E-state index in [1.807, 2.05) is 0 Å². The van der Waals surface area contributed by atoms with Gasteiger partial charge in [-0.2, -0.15) is 0 Å². The summed E-state index contributed by atoms with van der Waals surface area (Å²) in [6.07, 6.45) is 3.53. The first-order valence-corrected chi connectivity index (χ1v) is 6.36. The molecule has 0 saturated carbocycles. The van der Waals surface area contributed by atoms with Gasteiger partial charge in [0.05, 0.1) is 11.1 Å². The monoisotopic (exact) mass is 249 g/mol. The molecule has 18 heavy (non-hydrogen) atoms. The minimum atomic E-state index is -0.188. The molecule has 1 aliphatic rings. The highest BCUT2D eigenvalue weighted by atomic mass is 16.3. The van der Waals surface area contributed by atoms with Crippen LogP contribution in [0.5, 0.6) is 11.5 Å². The second-order valence-corrected chi connectivity index (χ2v) is 4.85. The summed E-state index contributed by atoms with van der Waals surface area (Å²) in [6, 6.07) is 2.95. The van der Waals surface area contributed by atoms with Crippen molar-refractivity contribution in [3.63, 3.8) is 0 Å². The molecule has 0 atom stereocenters. The number of carbonyl (C=O) groups is 1. The average molecular weight is 249 g/mol. The summed E-state index contributed by atoms with van der Waals surface area (Å²) in [6.45, 7) is 3.86. The molecule has 1 aromatic carbocycles. The third-order valence-electron chi connectivity index (χ3n) is 3.47. The first kappa shape index (κ1) is 12.9. The fourth-order valence-electron chi connectivity index (χ4n) is 2.41. The maximum absolute atomic E-state index is 11.4. The third kappa shape index (κ3) is 2.64. The zero-order valence-corrected chi connectivity index (χ0v) is 10.6. The van der Waals surface area contributed by atoms with Gasteiger partial charge in [-0.1, -0.05) is 6.42 Å². The van der Waals surface area contributed by atoms with E-state index >= 15 is 0 Å². The fourth-order valence-corrected chi connectivity index (χ4v) is 2.41. The number of phenolic OH excluding ortho intramolecular Hbond substituents is 2. The molecule has 1 aromatic rings. The highest BCUT2D eigenvalue weighted by Crippen LogP contribution is 2.32. The average Bonchev–Trinajstić information content (AvgIpc) is 2.35. The van der Waals surface area contributed by atoms with E-state index in [2.05, 4.69) is 4.90 Å². The maximum atomic E-state index is 11.4. The van der Waals surface area contributed by atoms with Gasteiger partial charge in [0.15, 0.2) is 5.78 Å². The number of benzene rings is 1. The van der Waals surface area contributed by atoms with E-state index in [-0.39, 0.29) is 22.8 Å². The largest absolute Gasteiger partial charge is 0.507 e. The zero-order chi connectivity index (χ0) is 13.1. The van der Waals surface area contributed by atoms with Crippen molar-refractivity contribution < 1.29 is 15.0 Å². The molecular formula is C14H19NO3. The third-order valence-corrected chi connectivity index (χ3v) is 3.47. The normalized spacial score (nSPS) is 16.7. The van der Waals surface area contributed by atoms with Crippen LogP contribution in [0.2, 0.25) is 0 Å². The van der Waals surface area contributed by atoms with Gasteiger partial charge in [0.1, 0.15) is 11.5 Å². The topological polar surface area (TPSA) is 60.8 Å². The molecule has 0 aromatic heterocycles. The van der Waals surface area contributed by atoms with Crippen molar-refractivity contribution in [2.24, 2.45) is 0 Å². The molecule has 0 unspecified atom stereocenters. The smallest absolute Gasteiger partial charge is 0.163 e. The van der Waals surface area contributed by atoms with Gasteiger partial charge in [-0.05, 0) is 45.0 Å². The summed E-state index contributed by atoms with van der Waals surface area (Å²) in [4.78, 5) is 13.6. The lowest BCUT2D eigenvalue weighted by atomic mass is 10.0.